The van der Waals surface area contributed by atoms with Gasteiger partial charge in [-0.2, -0.15) is 0 Å². The van der Waals surface area contributed by atoms with Gasteiger partial charge in [-0.25, -0.2) is 0 Å². The minimum absolute atomic E-state index is 0.0632. The van der Waals surface area contributed by atoms with E-state index in [4.69, 9.17) is 5.11 Å². The van der Waals surface area contributed by atoms with Crippen molar-refractivity contribution in [2.45, 2.75) is 25.3 Å². The molecule has 4 heteroatoms. The van der Waals surface area contributed by atoms with E-state index in [1.165, 1.54) is 0 Å². The molecule has 2 N–H and O–H groups in total. The van der Waals surface area contributed by atoms with Gasteiger partial charge in [0.05, 0.1) is 0 Å². The summed E-state index contributed by atoms with van der Waals surface area (Å²) in [6.45, 7) is 0.0888. The Balaban J connectivity index is 1.98. The maximum atomic E-state index is 12.0. The van der Waals surface area contributed by atoms with E-state index in [2.05, 4.69) is 5.32 Å². The van der Waals surface area contributed by atoms with Crippen molar-refractivity contribution in [1.82, 2.24) is 5.32 Å². The van der Waals surface area contributed by atoms with Crippen LogP contribution in [0.5, 0.6) is 0 Å². The molecule has 1 unspecified atom stereocenters. The molecule has 1 aliphatic rings. The maximum Gasteiger partial charge on any atom is 0.251 e. The van der Waals surface area contributed by atoms with Gasteiger partial charge in [-0.3, -0.25) is 9.59 Å². The lowest BCUT2D eigenvalue weighted by atomic mass is 10.1. The van der Waals surface area contributed by atoms with Crippen LogP contribution in [-0.4, -0.2) is 29.9 Å². The molecule has 1 aliphatic carbocycles. The molecule has 1 aromatic carbocycles. The number of hydrogen-bond acceptors (Lipinski definition) is 3. The molecule has 0 heterocycles. The van der Waals surface area contributed by atoms with E-state index in [1.54, 1.807) is 24.3 Å². The van der Waals surface area contributed by atoms with Crippen LogP contribution >= 0.6 is 0 Å². The van der Waals surface area contributed by atoms with Gasteiger partial charge in [0.2, 0.25) is 0 Å². The molecular weight excluding hydrogens is 230 g/mol. The van der Waals surface area contributed by atoms with Gasteiger partial charge >= 0.3 is 0 Å². The van der Waals surface area contributed by atoms with Crippen LogP contribution in [0.4, 0.5) is 0 Å². The molecule has 96 valence electrons. The fourth-order valence-corrected chi connectivity index (χ4v) is 2.03. The summed E-state index contributed by atoms with van der Waals surface area (Å²) in [4.78, 5) is 22.5. The van der Waals surface area contributed by atoms with Crippen LogP contribution in [0.15, 0.2) is 24.3 Å². The monoisotopic (exact) mass is 247 g/mol. The van der Waals surface area contributed by atoms with Crippen molar-refractivity contribution < 1.29 is 14.7 Å². The average molecular weight is 247 g/mol. The summed E-state index contributed by atoms with van der Waals surface area (Å²) in [5.74, 6) is 0.369. The Morgan fingerprint density at radius 1 is 1.39 bits per heavy atom. The minimum Gasteiger partial charge on any atom is -0.396 e. The second kappa shape index (κ2) is 5.78. The van der Waals surface area contributed by atoms with Gasteiger partial charge in [0.15, 0.2) is 0 Å². The first-order valence-electron chi connectivity index (χ1n) is 6.21. The van der Waals surface area contributed by atoms with Crippen molar-refractivity contribution in [3.8, 4) is 0 Å². The Morgan fingerprint density at radius 3 is 2.56 bits per heavy atom. The normalized spacial score (nSPS) is 16.1. The average Bonchev–Trinajstić information content (AvgIpc) is 3.22. The number of amides is 1. The fraction of sp³-hybridized carbons (Fsp3) is 0.429. The molecule has 2 rings (SSSR count). The molecule has 0 radical (unpaired) electrons. The number of hydrogen-bond donors (Lipinski definition) is 2. The van der Waals surface area contributed by atoms with Gasteiger partial charge in [-0.15, -0.1) is 0 Å². The van der Waals surface area contributed by atoms with Crippen LogP contribution in [0, 0.1) is 5.92 Å². The van der Waals surface area contributed by atoms with Crippen LogP contribution in [0.1, 0.15) is 40.0 Å². The van der Waals surface area contributed by atoms with E-state index in [1.807, 2.05) is 0 Å². The Labute approximate surface area is 106 Å². The fourth-order valence-electron chi connectivity index (χ4n) is 2.03. The number of nitrogens with one attached hydrogen (secondary N) is 1. The molecule has 4 nitrogen and oxygen atoms in total. The van der Waals surface area contributed by atoms with Crippen LogP contribution < -0.4 is 5.32 Å². The van der Waals surface area contributed by atoms with Crippen molar-refractivity contribution in [2.75, 3.05) is 6.61 Å². The lowest BCUT2D eigenvalue weighted by Gasteiger charge is -2.17. The summed E-state index contributed by atoms with van der Waals surface area (Å²) in [7, 11) is 0. The molecule has 1 atom stereocenters. The Morgan fingerprint density at radius 2 is 2.06 bits per heavy atom. The summed E-state index contributed by atoms with van der Waals surface area (Å²) in [6, 6.07) is 6.60. The zero-order chi connectivity index (χ0) is 13.0. The summed E-state index contributed by atoms with van der Waals surface area (Å²) in [5.41, 5.74) is 1.10. The van der Waals surface area contributed by atoms with Crippen LogP contribution in [0.25, 0.3) is 0 Å². The highest BCUT2D eigenvalue weighted by atomic mass is 16.3. The lowest BCUT2D eigenvalue weighted by Crippen LogP contribution is -2.37. The summed E-state index contributed by atoms with van der Waals surface area (Å²) in [5, 5.41) is 11.9. The molecule has 1 fully saturated rings. The van der Waals surface area contributed by atoms with Crippen molar-refractivity contribution in [3.63, 3.8) is 0 Å². The Hall–Kier alpha value is -1.68. The van der Waals surface area contributed by atoms with E-state index < -0.39 is 0 Å². The molecule has 0 bridgehead atoms. The Kier molecular flexibility index (Phi) is 4.10. The zero-order valence-electron chi connectivity index (χ0n) is 10.1. The smallest absolute Gasteiger partial charge is 0.251 e. The first-order chi connectivity index (χ1) is 8.74. The second-order valence-corrected chi connectivity index (χ2v) is 4.67. The third-order valence-corrected chi connectivity index (χ3v) is 3.26. The molecule has 0 aliphatic heterocycles. The molecule has 1 saturated carbocycles. The van der Waals surface area contributed by atoms with E-state index in [0.29, 0.717) is 23.5 Å². The highest BCUT2D eigenvalue weighted by Gasteiger charge is 2.31. The van der Waals surface area contributed by atoms with Crippen molar-refractivity contribution in [3.05, 3.63) is 35.4 Å². The van der Waals surface area contributed by atoms with Gasteiger partial charge in [0.25, 0.3) is 5.91 Å². The number of aliphatic hydroxyl groups is 1. The summed E-state index contributed by atoms with van der Waals surface area (Å²) < 4.78 is 0. The first kappa shape index (κ1) is 12.8. The number of aldehydes is 1. The summed E-state index contributed by atoms with van der Waals surface area (Å²) >= 11 is 0. The van der Waals surface area contributed by atoms with Gasteiger partial charge in [-0.1, -0.05) is 12.1 Å². The van der Waals surface area contributed by atoms with Gasteiger partial charge < -0.3 is 10.4 Å². The maximum absolute atomic E-state index is 12.0. The zero-order valence-corrected chi connectivity index (χ0v) is 10.1. The highest BCUT2D eigenvalue weighted by Crippen LogP contribution is 2.34. The standard InChI is InChI=1S/C14H17NO3/c16-8-7-13(11-5-6-11)15-14(18)12-3-1-10(9-17)2-4-12/h1-4,9,11,13,16H,5-8H2,(H,15,18). The number of carbonyl (C=O) groups is 2. The molecule has 0 aromatic heterocycles. The third kappa shape index (κ3) is 3.17. The molecule has 1 aromatic rings. The third-order valence-electron chi connectivity index (χ3n) is 3.26. The van der Waals surface area contributed by atoms with Crippen molar-refractivity contribution >= 4 is 12.2 Å². The van der Waals surface area contributed by atoms with Crippen LogP contribution in [0.3, 0.4) is 0 Å². The number of rotatable bonds is 6. The van der Waals surface area contributed by atoms with Crippen molar-refractivity contribution in [2.24, 2.45) is 5.92 Å². The van der Waals surface area contributed by atoms with E-state index >= 15 is 0 Å². The number of carbonyl (C=O) groups excluding carboxylic acids is 2. The quantitative estimate of drug-likeness (QED) is 0.746. The van der Waals surface area contributed by atoms with Gasteiger partial charge in [0, 0.05) is 23.8 Å². The molecule has 1 amide bonds. The van der Waals surface area contributed by atoms with Gasteiger partial charge in [-0.05, 0) is 37.3 Å². The number of aliphatic hydroxyl groups excluding tert-OH is 1. The topological polar surface area (TPSA) is 66.4 Å². The second-order valence-electron chi connectivity index (χ2n) is 4.67. The minimum atomic E-state index is -0.141. The van der Waals surface area contributed by atoms with E-state index in [0.717, 1.165) is 19.1 Å². The first-order valence-corrected chi connectivity index (χ1v) is 6.21. The molecule has 18 heavy (non-hydrogen) atoms. The SMILES string of the molecule is O=Cc1ccc(C(=O)NC(CCO)C2CC2)cc1. The van der Waals surface area contributed by atoms with E-state index in [9.17, 15) is 9.59 Å². The van der Waals surface area contributed by atoms with E-state index in [-0.39, 0.29) is 18.6 Å². The largest absolute Gasteiger partial charge is 0.396 e. The van der Waals surface area contributed by atoms with Gasteiger partial charge in [0.1, 0.15) is 6.29 Å². The predicted octanol–water partition coefficient (Wildman–Crippen LogP) is 1.39. The number of benzene rings is 1. The molecule has 0 spiro atoms. The molecular formula is C14H17NO3. The predicted molar refractivity (Wildman–Crippen MR) is 67.5 cm³/mol. The highest BCUT2D eigenvalue weighted by molar-refractivity contribution is 5.95. The lowest BCUT2D eigenvalue weighted by molar-refractivity contribution is 0.0923. The Bertz CT molecular complexity index is 423. The summed E-state index contributed by atoms with van der Waals surface area (Å²) in [6.07, 6.45) is 3.59. The molecule has 0 saturated heterocycles. The van der Waals surface area contributed by atoms with Crippen LogP contribution in [0.2, 0.25) is 0 Å². The van der Waals surface area contributed by atoms with Crippen LogP contribution in [-0.2, 0) is 0 Å². The van der Waals surface area contributed by atoms with Crippen molar-refractivity contribution in [1.29, 1.82) is 0 Å².